The van der Waals surface area contributed by atoms with Gasteiger partial charge in [-0.05, 0) is 34.5 Å². The fraction of sp³-hybridized carbons (Fsp3) is 0.643. The summed E-state index contributed by atoms with van der Waals surface area (Å²) in [4.78, 5) is 13.1. The molecule has 2 rings (SSSR count). The van der Waals surface area contributed by atoms with Crippen LogP contribution in [0.1, 0.15) is 42.9 Å². The number of rotatable bonds is 2. The number of nitrogens with two attached hydrogens (primary N) is 1. The van der Waals surface area contributed by atoms with E-state index in [2.05, 4.69) is 48.9 Å². The second-order valence-electron chi connectivity index (χ2n) is 6.59. The maximum Gasteiger partial charge on any atom is 0.261 e. The molecule has 1 heterocycles. The lowest BCUT2D eigenvalue weighted by atomic mass is 9.48. The number of thiophene rings is 1. The second kappa shape index (κ2) is 4.57. The van der Waals surface area contributed by atoms with E-state index in [4.69, 9.17) is 5.73 Å². The van der Waals surface area contributed by atoms with E-state index in [0.717, 1.165) is 14.2 Å². The lowest BCUT2D eigenvalue weighted by Gasteiger charge is -2.62. The monoisotopic (exact) mass is 344 g/mol. The normalized spacial score (nSPS) is 27.7. The molecule has 1 saturated carbocycles. The predicted molar refractivity (Wildman–Crippen MR) is 83.5 cm³/mol. The molecule has 0 radical (unpaired) electrons. The van der Waals surface area contributed by atoms with Crippen molar-refractivity contribution >= 4 is 33.2 Å². The molecule has 1 fully saturated rings. The number of carbonyl (C=O) groups is 1. The zero-order chi connectivity index (χ0) is 14.6. The minimum atomic E-state index is -0.0668. The minimum Gasteiger partial charge on any atom is -0.347 e. The number of hydrogen-bond donors (Lipinski definition) is 2. The first-order valence-electron chi connectivity index (χ1n) is 6.41. The Morgan fingerprint density at radius 1 is 1.37 bits per heavy atom. The molecule has 1 aromatic heterocycles. The molecule has 0 aliphatic heterocycles. The summed E-state index contributed by atoms with van der Waals surface area (Å²) in [5, 5.41) is 3.15. The molecular weight excluding hydrogens is 324 g/mol. The molecule has 5 heteroatoms. The number of hydrogen-bond acceptors (Lipinski definition) is 3. The van der Waals surface area contributed by atoms with Gasteiger partial charge in [0.1, 0.15) is 0 Å². The molecule has 3 N–H and O–H groups in total. The maximum absolute atomic E-state index is 12.3. The average molecular weight is 345 g/mol. The van der Waals surface area contributed by atoms with Gasteiger partial charge >= 0.3 is 0 Å². The van der Waals surface area contributed by atoms with Crippen molar-refractivity contribution in [2.75, 3.05) is 0 Å². The van der Waals surface area contributed by atoms with Gasteiger partial charge in [0, 0.05) is 22.9 Å². The average Bonchev–Trinajstić information content (AvgIpc) is 2.65. The molecular formula is C14H21BrN2OS. The summed E-state index contributed by atoms with van der Waals surface area (Å²) in [5.74, 6) is -0.00292. The summed E-state index contributed by atoms with van der Waals surface area (Å²) < 4.78 is 1.02. The summed E-state index contributed by atoms with van der Waals surface area (Å²) >= 11 is 4.93. The van der Waals surface area contributed by atoms with Crippen LogP contribution in [0.25, 0.3) is 0 Å². The third-order valence-electron chi connectivity index (χ3n) is 4.45. The van der Waals surface area contributed by atoms with Crippen molar-refractivity contribution < 1.29 is 4.79 Å². The molecule has 0 unspecified atom stereocenters. The Morgan fingerprint density at radius 3 is 2.32 bits per heavy atom. The first kappa shape index (κ1) is 15.0. The van der Waals surface area contributed by atoms with Crippen LogP contribution in [-0.2, 0) is 0 Å². The molecule has 1 aliphatic carbocycles. The Kier molecular flexibility index (Phi) is 3.61. The van der Waals surface area contributed by atoms with Crippen LogP contribution in [0.3, 0.4) is 0 Å². The van der Waals surface area contributed by atoms with E-state index in [1.54, 1.807) is 0 Å². The summed E-state index contributed by atoms with van der Waals surface area (Å²) in [5.41, 5.74) is 7.17. The quantitative estimate of drug-likeness (QED) is 0.864. The highest BCUT2D eigenvalue weighted by molar-refractivity contribution is 9.11. The molecule has 0 atom stereocenters. The van der Waals surface area contributed by atoms with E-state index in [1.165, 1.54) is 11.3 Å². The Bertz CT molecular complexity index is 486. The zero-order valence-corrected chi connectivity index (χ0v) is 14.4. The molecule has 106 valence electrons. The first-order chi connectivity index (χ1) is 8.58. The van der Waals surface area contributed by atoms with Gasteiger partial charge in [-0.3, -0.25) is 4.79 Å². The molecule has 0 bridgehead atoms. The minimum absolute atomic E-state index is 0.00292. The largest absolute Gasteiger partial charge is 0.347 e. The summed E-state index contributed by atoms with van der Waals surface area (Å²) in [7, 11) is 0. The number of carbonyl (C=O) groups excluding carboxylic acids is 1. The lowest BCUT2D eigenvalue weighted by molar-refractivity contribution is -0.0663. The summed E-state index contributed by atoms with van der Waals surface area (Å²) in [6.07, 6.45) is 0. The Hall–Kier alpha value is -0.390. The standard InChI is InChI=1S/C14H21BrN2OS/c1-7-6-8(19-9(7)15)10(18)17-12-13(2,3)11(16)14(12,4)5/h6,11-12H,16H2,1-5H3,(H,17,18). The van der Waals surface area contributed by atoms with Gasteiger partial charge < -0.3 is 11.1 Å². The Morgan fingerprint density at radius 2 is 1.89 bits per heavy atom. The van der Waals surface area contributed by atoms with Gasteiger partial charge in [0.25, 0.3) is 5.91 Å². The van der Waals surface area contributed by atoms with Crippen molar-refractivity contribution in [1.29, 1.82) is 0 Å². The molecule has 0 spiro atoms. The molecule has 1 amide bonds. The van der Waals surface area contributed by atoms with E-state index in [0.29, 0.717) is 0 Å². The fourth-order valence-corrected chi connectivity index (χ4v) is 4.76. The molecule has 0 saturated heterocycles. The van der Waals surface area contributed by atoms with E-state index >= 15 is 0 Å². The van der Waals surface area contributed by atoms with Crippen LogP contribution in [0, 0.1) is 17.8 Å². The highest BCUT2D eigenvalue weighted by Gasteiger charge is 2.60. The van der Waals surface area contributed by atoms with Gasteiger partial charge in [0.2, 0.25) is 0 Å². The van der Waals surface area contributed by atoms with E-state index in [9.17, 15) is 4.79 Å². The number of aryl methyl sites for hydroxylation is 1. The van der Waals surface area contributed by atoms with Gasteiger partial charge in [-0.1, -0.05) is 27.7 Å². The van der Waals surface area contributed by atoms with Crippen molar-refractivity contribution in [3.63, 3.8) is 0 Å². The molecule has 1 aromatic rings. The third-order valence-corrected chi connectivity index (χ3v) is 6.58. The van der Waals surface area contributed by atoms with Crippen LogP contribution >= 0.6 is 27.3 Å². The topological polar surface area (TPSA) is 55.1 Å². The maximum atomic E-state index is 12.3. The van der Waals surface area contributed by atoms with Crippen LogP contribution in [0.5, 0.6) is 0 Å². The van der Waals surface area contributed by atoms with Crippen molar-refractivity contribution in [2.45, 2.75) is 46.7 Å². The third kappa shape index (κ3) is 2.26. The van der Waals surface area contributed by atoms with Crippen molar-refractivity contribution in [3.05, 3.63) is 20.3 Å². The second-order valence-corrected chi connectivity index (χ2v) is 8.96. The number of amides is 1. The van der Waals surface area contributed by atoms with E-state index < -0.39 is 0 Å². The first-order valence-corrected chi connectivity index (χ1v) is 8.01. The predicted octanol–water partition coefficient (Wildman–Crippen LogP) is 3.31. The molecule has 1 aliphatic rings. The summed E-state index contributed by atoms with van der Waals surface area (Å²) in [6, 6.07) is 2.12. The van der Waals surface area contributed by atoms with Crippen LogP contribution in [0.15, 0.2) is 9.85 Å². The number of halogens is 1. The highest BCUT2D eigenvalue weighted by atomic mass is 79.9. The van der Waals surface area contributed by atoms with Crippen LogP contribution < -0.4 is 11.1 Å². The van der Waals surface area contributed by atoms with Crippen LogP contribution in [0.2, 0.25) is 0 Å². The fourth-order valence-electron chi connectivity index (χ4n) is 3.33. The Balaban J connectivity index is 2.16. The lowest BCUT2D eigenvalue weighted by Crippen LogP contribution is -2.76. The van der Waals surface area contributed by atoms with Gasteiger partial charge in [0.05, 0.1) is 8.66 Å². The molecule has 0 aromatic carbocycles. The number of nitrogens with one attached hydrogen (secondary N) is 1. The molecule has 3 nitrogen and oxygen atoms in total. The zero-order valence-electron chi connectivity index (χ0n) is 12.0. The van der Waals surface area contributed by atoms with Gasteiger partial charge in [-0.15, -0.1) is 11.3 Å². The van der Waals surface area contributed by atoms with Crippen molar-refractivity contribution in [1.82, 2.24) is 5.32 Å². The van der Waals surface area contributed by atoms with Gasteiger partial charge in [-0.25, -0.2) is 0 Å². The van der Waals surface area contributed by atoms with Gasteiger partial charge in [0.15, 0.2) is 0 Å². The molecule has 19 heavy (non-hydrogen) atoms. The van der Waals surface area contributed by atoms with E-state index in [1.807, 2.05) is 13.0 Å². The SMILES string of the molecule is Cc1cc(C(=O)NC2C(C)(C)C(N)C2(C)C)sc1Br. The van der Waals surface area contributed by atoms with Crippen molar-refractivity contribution in [3.8, 4) is 0 Å². The van der Waals surface area contributed by atoms with Crippen molar-refractivity contribution in [2.24, 2.45) is 16.6 Å². The highest BCUT2D eigenvalue weighted by Crippen LogP contribution is 2.52. The van der Waals surface area contributed by atoms with Crippen LogP contribution in [0.4, 0.5) is 0 Å². The summed E-state index contributed by atoms with van der Waals surface area (Å²) in [6.45, 7) is 10.4. The van der Waals surface area contributed by atoms with Gasteiger partial charge in [-0.2, -0.15) is 0 Å². The van der Waals surface area contributed by atoms with E-state index in [-0.39, 0.29) is 28.8 Å². The smallest absolute Gasteiger partial charge is 0.261 e. The Labute approximate surface area is 127 Å². The van der Waals surface area contributed by atoms with Crippen LogP contribution in [-0.4, -0.2) is 18.0 Å².